The topological polar surface area (TPSA) is 61.9 Å². The average molecular weight is 383 g/mol. The summed E-state index contributed by atoms with van der Waals surface area (Å²) in [6.07, 6.45) is 1.71. The standard InChI is InChI=1S/C20H21N3O3S/c1-14-11-19(24)26-18-12-15(4-5-17(14)18)21-20(27)23-8-6-22(7-9-23)13-16-3-2-10-25-16/h2-5,10-12H,6-9,13H2,1H3,(H,21,27). The Morgan fingerprint density at radius 3 is 2.74 bits per heavy atom. The number of benzene rings is 1. The fourth-order valence-corrected chi connectivity index (χ4v) is 3.64. The summed E-state index contributed by atoms with van der Waals surface area (Å²) < 4.78 is 10.7. The van der Waals surface area contributed by atoms with Crippen LogP contribution in [0.2, 0.25) is 0 Å². The van der Waals surface area contributed by atoms with Crippen molar-refractivity contribution in [3.8, 4) is 0 Å². The van der Waals surface area contributed by atoms with E-state index in [9.17, 15) is 4.79 Å². The molecule has 0 spiro atoms. The predicted octanol–water partition coefficient (Wildman–Crippen LogP) is 3.21. The lowest BCUT2D eigenvalue weighted by molar-refractivity contribution is 0.166. The molecular weight excluding hydrogens is 362 g/mol. The number of rotatable bonds is 3. The molecule has 2 aromatic heterocycles. The summed E-state index contributed by atoms with van der Waals surface area (Å²) in [5, 5.41) is 4.87. The molecule has 0 radical (unpaired) electrons. The monoisotopic (exact) mass is 383 g/mol. The number of nitrogens with zero attached hydrogens (tertiary/aromatic N) is 2. The molecule has 0 unspecified atom stereocenters. The van der Waals surface area contributed by atoms with Crippen LogP contribution >= 0.6 is 12.2 Å². The zero-order chi connectivity index (χ0) is 18.8. The lowest BCUT2D eigenvalue weighted by Gasteiger charge is -2.35. The number of anilines is 1. The van der Waals surface area contributed by atoms with Gasteiger partial charge < -0.3 is 19.1 Å². The Morgan fingerprint density at radius 1 is 1.19 bits per heavy atom. The van der Waals surface area contributed by atoms with Crippen LogP contribution in [0, 0.1) is 6.92 Å². The van der Waals surface area contributed by atoms with Crippen LogP contribution in [0.25, 0.3) is 11.0 Å². The fourth-order valence-electron chi connectivity index (χ4n) is 3.34. The maximum absolute atomic E-state index is 11.6. The third-order valence-corrected chi connectivity index (χ3v) is 5.18. The average Bonchev–Trinajstić information content (AvgIpc) is 3.15. The van der Waals surface area contributed by atoms with Crippen LogP contribution in [-0.2, 0) is 6.54 Å². The van der Waals surface area contributed by atoms with Gasteiger partial charge in [0.05, 0.1) is 12.8 Å². The van der Waals surface area contributed by atoms with Crippen molar-refractivity contribution in [3.05, 3.63) is 64.4 Å². The molecule has 1 fully saturated rings. The van der Waals surface area contributed by atoms with Crippen molar-refractivity contribution in [2.45, 2.75) is 13.5 Å². The minimum Gasteiger partial charge on any atom is -0.468 e. The summed E-state index contributed by atoms with van der Waals surface area (Å²) in [5.41, 5.74) is 1.95. The number of fused-ring (bicyclic) bond motifs is 1. The number of nitrogens with one attached hydrogen (secondary N) is 1. The van der Waals surface area contributed by atoms with Crippen molar-refractivity contribution in [3.63, 3.8) is 0 Å². The highest BCUT2D eigenvalue weighted by molar-refractivity contribution is 7.80. The van der Waals surface area contributed by atoms with Gasteiger partial charge in [-0.15, -0.1) is 0 Å². The quantitative estimate of drug-likeness (QED) is 0.550. The highest BCUT2D eigenvalue weighted by Gasteiger charge is 2.19. The van der Waals surface area contributed by atoms with E-state index in [1.54, 1.807) is 6.26 Å². The van der Waals surface area contributed by atoms with Gasteiger partial charge in [-0.2, -0.15) is 0 Å². The second-order valence-corrected chi connectivity index (χ2v) is 7.12. The molecular formula is C20H21N3O3S. The molecule has 1 aromatic carbocycles. The molecule has 27 heavy (non-hydrogen) atoms. The van der Waals surface area contributed by atoms with Crippen molar-refractivity contribution in [2.24, 2.45) is 0 Å². The Morgan fingerprint density at radius 2 is 2.00 bits per heavy atom. The van der Waals surface area contributed by atoms with Crippen LogP contribution in [-0.4, -0.2) is 41.1 Å². The van der Waals surface area contributed by atoms with E-state index < -0.39 is 0 Å². The molecule has 1 saturated heterocycles. The molecule has 1 aliphatic rings. The summed E-state index contributed by atoms with van der Waals surface area (Å²) in [6, 6.07) is 11.1. The molecule has 7 heteroatoms. The molecule has 4 rings (SSSR count). The maximum atomic E-state index is 11.6. The third kappa shape index (κ3) is 4.04. The molecule has 0 bridgehead atoms. The Labute approximate surface area is 162 Å². The Kier molecular flexibility index (Phi) is 4.96. The number of aryl methyl sites for hydroxylation is 1. The molecule has 1 N–H and O–H groups in total. The van der Waals surface area contributed by atoms with E-state index >= 15 is 0 Å². The van der Waals surface area contributed by atoms with Crippen molar-refractivity contribution in [1.82, 2.24) is 9.80 Å². The molecule has 3 heterocycles. The van der Waals surface area contributed by atoms with Gasteiger partial charge in [-0.3, -0.25) is 4.90 Å². The van der Waals surface area contributed by atoms with E-state index in [0.717, 1.165) is 55.1 Å². The Bertz CT molecular complexity index is 1000. The second kappa shape index (κ2) is 7.54. The molecule has 0 atom stereocenters. The molecule has 0 saturated carbocycles. The fraction of sp³-hybridized carbons (Fsp3) is 0.300. The smallest absolute Gasteiger partial charge is 0.336 e. The highest BCUT2D eigenvalue weighted by atomic mass is 32.1. The number of furan rings is 1. The first-order valence-corrected chi connectivity index (χ1v) is 9.34. The summed E-state index contributed by atoms with van der Waals surface area (Å²) in [7, 11) is 0. The lowest BCUT2D eigenvalue weighted by Crippen LogP contribution is -2.49. The van der Waals surface area contributed by atoms with Crippen molar-refractivity contribution in [2.75, 3.05) is 31.5 Å². The summed E-state index contributed by atoms with van der Waals surface area (Å²) in [4.78, 5) is 16.1. The first-order valence-electron chi connectivity index (χ1n) is 8.94. The minimum absolute atomic E-state index is 0.340. The summed E-state index contributed by atoms with van der Waals surface area (Å²) in [6.45, 7) is 6.29. The second-order valence-electron chi connectivity index (χ2n) is 6.73. The number of hydrogen-bond acceptors (Lipinski definition) is 5. The summed E-state index contributed by atoms with van der Waals surface area (Å²) >= 11 is 5.57. The highest BCUT2D eigenvalue weighted by Crippen LogP contribution is 2.21. The lowest BCUT2D eigenvalue weighted by atomic mass is 10.1. The predicted molar refractivity (Wildman–Crippen MR) is 109 cm³/mol. The molecule has 1 aliphatic heterocycles. The Hall–Kier alpha value is -2.64. The first-order chi connectivity index (χ1) is 13.1. The van der Waals surface area contributed by atoms with Crippen LogP contribution in [0.5, 0.6) is 0 Å². The van der Waals surface area contributed by atoms with Crippen molar-refractivity contribution in [1.29, 1.82) is 0 Å². The third-order valence-electron chi connectivity index (χ3n) is 4.82. The van der Waals surface area contributed by atoms with E-state index in [2.05, 4.69) is 15.1 Å². The van der Waals surface area contributed by atoms with Crippen LogP contribution in [0.4, 0.5) is 5.69 Å². The van der Waals surface area contributed by atoms with Gasteiger partial charge in [0.2, 0.25) is 0 Å². The van der Waals surface area contributed by atoms with Gasteiger partial charge in [0.1, 0.15) is 11.3 Å². The Balaban J connectivity index is 1.38. The van der Waals surface area contributed by atoms with E-state index in [4.69, 9.17) is 21.1 Å². The van der Waals surface area contributed by atoms with Crippen LogP contribution < -0.4 is 10.9 Å². The summed E-state index contributed by atoms with van der Waals surface area (Å²) in [5.74, 6) is 0.983. The van der Waals surface area contributed by atoms with Gasteiger partial charge in [0, 0.05) is 49.4 Å². The van der Waals surface area contributed by atoms with Crippen molar-refractivity contribution < 1.29 is 8.83 Å². The molecule has 140 valence electrons. The van der Waals surface area contributed by atoms with Crippen LogP contribution in [0.15, 0.2) is 56.3 Å². The number of thiocarbonyl (C=S) groups is 1. The van der Waals surface area contributed by atoms with Gasteiger partial charge in [-0.1, -0.05) is 0 Å². The van der Waals surface area contributed by atoms with E-state index in [1.165, 1.54) is 6.07 Å². The zero-order valence-electron chi connectivity index (χ0n) is 15.1. The van der Waals surface area contributed by atoms with E-state index in [1.807, 2.05) is 37.3 Å². The van der Waals surface area contributed by atoms with Gasteiger partial charge in [0.25, 0.3) is 0 Å². The SMILES string of the molecule is Cc1cc(=O)oc2cc(NC(=S)N3CCN(Cc4ccco4)CC3)ccc12. The zero-order valence-corrected chi connectivity index (χ0v) is 15.9. The van der Waals surface area contributed by atoms with Crippen LogP contribution in [0.3, 0.4) is 0 Å². The number of piperazine rings is 1. The first kappa shape index (κ1) is 17.8. The molecule has 6 nitrogen and oxygen atoms in total. The van der Waals surface area contributed by atoms with E-state index in [-0.39, 0.29) is 5.63 Å². The largest absolute Gasteiger partial charge is 0.468 e. The van der Waals surface area contributed by atoms with E-state index in [0.29, 0.717) is 10.7 Å². The van der Waals surface area contributed by atoms with Gasteiger partial charge in [0.15, 0.2) is 5.11 Å². The van der Waals surface area contributed by atoms with Crippen molar-refractivity contribution >= 4 is 34.0 Å². The maximum Gasteiger partial charge on any atom is 0.336 e. The van der Waals surface area contributed by atoms with Crippen LogP contribution in [0.1, 0.15) is 11.3 Å². The normalized spacial score (nSPS) is 15.2. The number of hydrogen-bond donors (Lipinski definition) is 1. The molecule has 0 amide bonds. The van der Waals surface area contributed by atoms with Gasteiger partial charge in [-0.05, 0) is 49.0 Å². The molecule has 3 aromatic rings. The van der Waals surface area contributed by atoms with Gasteiger partial charge >= 0.3 is 5.63 Å². The van der Waals surface area contributed by atoms with Gasteiger partial charge in [-0.25, -0.2) is 4.79 Å². The minimum atomic E-state index is -0.340. The molecule has 0 aliphatic carbocycles.